The summed E-state index contributed by atoms with van der Waals surface area (Å²) < 4.78 is 10.8. The van der Waals surface area contributed by atoms with Crippen LogP contribution in [0.3, 0.4) is 0 Å². The Labute approximate surface area is 107 Å². The van der Waals surface area contributed by atoms with Crippen molar-refractivity contribution in [2.75, 3.05) is 26.4 Å². The van der Waals surface area contributed by atoms with Gasteiger partial charge in [0, 0.05) is 32.7 Å². The third-order valence-corrected chi connectivity index (χ3v) is 3.51. The number of carbonyl (C=O) groups is 1. The standard InChI is InChI=1S/C12H22N2O4/c1-8(15)13-6-11-12(16)10(7-18-11)14-9-2-4-17-5-3-9/h9-12,14,16H,2-7H2,1H3,(H,13,15)/t10-,11-,12+/m1/s1. The number of aliphatic hydroxyl groups is 1. The van der Waals surface area contributed by atoms with E-state index in [2.05, 4.69) is 10.6 Å². The summed E-state index contributed by atoms with van der Waals surface area (Å²) in [5.74, 6) is -0.105. The zero-order valence-corrected chi connectivity index (χ0v) is 10.7. The average molecular weight is 258 g/mol. The van der Waals surface area contributed by atoms with E-state index in [0.717, 1.165) is 26.1 Å². The van der Waals surface area contributed by atoms with Crippen molar-refractivity contribution in [2.45, 2.75) is 44.1 Å². The van der Waals surface area contributed by atoms with Crippen LogP contribution in [0.15, 0.2) is 0 Å². The van der Waals surface area contributed by atoms with E-state index >= 15 is 0 Å². The third kappa shape index (κ3) is 3.65. The summed E-state index contributed by atoms with van der Waals surface area (Å²) in [6, 6.07) is 0.341. The highest BCUT2D eigenvalue weighted by Gasteiger charge is 2.36. The summed E-state index contributed by atoms with van der Waals surface area (Å²) in [5.41, 5.74) is 0. The van der Waals surface area contributed by atoms with Crippen LogP contribution >= 0.6 is 0 Å². The maximum absolute atomic E-state index is 10.8. The van der Waals surface area contributed by atoms with Gasteiger partial charge in [0.05, 0.1) is 18.8 Å². The monoisotopic (exact) mass is 258 g/mol. The Morgan fingerprint density at radius 1 is 1.39 bits per heavy atom. The molecule has 0 spiro atoms. The molecule has 2 saturated heterocycles. The van der Waals surface area contributed by atoms with Gasteiger partial charge in [-0.3, -0.25) is 4.79 Å². The quantitative estimate of drug-likeness (QED) is 0.604. The molecular formula is C12H22N2O4. The maximum Gasteiger partial charge on any atom is 0.216 e. The van der Waals surface area contributed by atoms with E-state index in [0.29, 0.717) is 19.2 Å². The highest BCUT2D eigenvalue weighted by molar-refractivity contribution is 5.72. The topological polar surface area (TPSA) is 79.8 Å². The highest BCUT2D eigenvalue weighted by atomic mass is 16.5. The van der Waals surface area contributed by atoms with Crippen molar-refractivity contribution >= 4 is 5.91 Å². The Balaban J connectivity index is 1.75. The predicted octanol–water partition coefficient (Wildman–Crippen LogP) is -0.981. The van der Waals surface area contributed by atoms with Gasteiger partial charge in [0.15, 0.2) is 0 Å². The number of rotatable bonds is 4. The molecule has 0 aromatic heterocycles. The van der Waals surface area contributed by atoms with Gasteiger partial charge in [-0.2, -0.15) is 0 Å². The molecule has 1 amide bonds. The van der Waals surface area contributed by atoms with Crippen LogP contribution in [-0.4, -0.2) is 61.7 Å². The van der Waals surface area contributed by atoms with Gasteiger partial charge in [-0.1, -0.05) is 0 Å². The van der Waals surface area contributed by atoms with Gasteiger partial charge in [0.1, 0.15) is 6.10 Å². The minimum atomic E-state index is -0.570. The van der Waals surface area contributed by atoms with Crippen molar-refractivity contribution < 1.29 is 19.4 Å². The molecule has 3 atom stereocenters. The van der Waals surface area contributed by atoms with E-state index in [4.69, 9.17) is 9.47 Å². The molecule has 0 aromatic carbocycles. The predicted molar refractivity (Wildman–Crippen MR) is 65.2 cm³/mol. The summed E-state index contributed by atoms with van der Waals surface area (Å²) in [4.78, 5) is 10.8. The molecule has 18 heavy (non-hydrogen) atoms. The van der Waals surface area contributed by atoms with E-state index in [1.165, 1.54) is 6.92 Å². The van der Waals surface area contributed by atoms with E-state index < -0.39 is 6.10 Å². The molecule has 2 aliphatic rings. The van der Waals surface area contributed by atoms with Crippen molar-refractivity contribution in [3.63, 3.8) is 0 Å². The van der Waals surface area contributed by atoms with E-state index in [1.807, 2.05) is 0 Å². The van der Waals surface area contributed by atoms with Crippen molar-refractivity contribution in [3.05, 3.63) is 0 Å². The van der Waals surface area contributed by atoms with Crippen molar-refractivity contribution in [3.8, 4) is 0 Å². The summed E-state index contributed by atoms with van der Waals surface area (Å²) in [6.07, 6.45) is 1.06. The van der Waals surface area contributed by atoms with Crippen molar-refractivity contribution in [1.29, 1.82) is 0 Å². The Bertz CT molecular complexity index is 281. The van der Waals surface area contributed by atoms with Crippen LogP contribution in [0.5, 0.6) is 0 Å². The molecule has 2 aliphatic heterocycles. The van der Waals surface area contributed by atoms with Crippen LogP contribution in [0, 0.1) is 0 Å². The van der Waals surface area contributed by atoms with Crippen LogP contribution in [0.1, 0.15) is 19.8 Å². The summed E-state index contributed by atoms with van der Waals surface area (Å²) in [5, 5.41) is 16.2. The summed E-state index contributed by atoms with van der Waals surface area (Å²) in [6.45, 7) is 3.86. The zero-order chi connectivity index (χ0) is 13.0. The lowest BCUT2D eigenvalue weighted by atomic mass is 10.0. The average Bonchev–Trinajstić information content (AvgIpc) is 2.70. The fourth-order valence-electron chi connectivity index (χ4n) is 2.42. The molecule has 6 nitrogen and oxygen atoms in total. The fourth-order valence-corrected chi connectivity index (χ4v) is 2.42. The third-order valence-electron chi connectivity index (χ3n) is 3.51. The summed E-state index contributed by atoms with van der Waals surface area (Å²) >= 11 is 0. The van der Waals surface area contributed by atoms with Gasteiger partial charge in [-0.25, -0.2) is 0 Å². The minimum Gasteiger partial charge on any atom is -0.389 e. The van der Waals surface area contributed by atoms with Crippen LogP contribution < -0.4 is 10.6 Å². The van der Waals surface area contributed by atoms with Crippen molar-refractivity contribution in [1.82, 2.24) is 10.6 Å². The lowest BCUT2D eigenvalue weighted by Gasteiger charge is -2.27. The molecule has 2 fully saturated rings. The Morgan fingerprint density at radius 3 is 2.78 bits per heavy atom. The number of ether oxygens (including phenoxy) is 2. The van der Waals surface area contributed by atoms with Gasteiger partial charge in [0.25, 0.3) is 0 Å². The molecule has 0 bridgehead atoms. The molecule has 2 heterocycles. The molecule has 0 aromatic rings. The van der Waals surface area contributed by atoms with E-state index in [1.54, 1.807) is 0 Å². The number of amides is 1. The molecule has 0 radical (unpaired) electrons. The molecule has 104 valence electrons. The molecule has 0 unspecified atom stereocenters. The first kappa shape index (κ1) is 13.7. The largest absolute Gasteiger partial charge is 0.389 e. The SMILES string of the molecule is CC(=O)NC[C@H]1OC[C@@H](NC2CCOCC2)[C@@H]1O. The summed E-state index contributed by atoms with van der Waals surface area (Å²) in [7, 11) is 0. The normalized spacial score (nSPS) is 33.6. The van der Waals surface area contributed by atoms with Crippen LogP contribution in [0.4, 0.5) is 0 Å². The van der Waals surface area contributed by atoms with Gasteiger partial charge in [-0.05, 0) is 12.8 Å². The molecular weight excluding hydrogens is 236 g/mol. The lowest BCUT2D eigenvalue weighted by molar-refractivity contribution is -0.119. The zero-order valence-electron chi connectivity index (χ0n) is 10.7. The highest BCUT2D eigenvalue weighted by Crippen LogP contribution is 2.16. The number of nitrogens with one attached hydrogen (secondary N) is 2. The molecule has 3 N–H and O–H groups in total. The smallest absolute Gasteiger partial charge is 0.216 e. The molecule has 2 rings (SSSR count). The number of carbonyl (C=O) groups excluding carboxylic acids is 1. The first-order valence-corrected chi connectivity index (χ1v) is 6.54. The van der Waals surface area contributed by atoms with Crippen LogP contribution in [0.25, 0.3) is 0 Å². The van der Waals surface area contributed by atoms with Gasteiger partial charge < -0.3 is 25.2 Å². The van der Waals surface area contributed by atoms with E-state index in [-0.39, 0.29) is 18.1 Å². The maximum atomic E-state index is 10.8. The first-order chi connectivity index (χ1) is 8.66. The minimum absolute atomic E-state index is 0.0492. The fraction of sp³-hybridized carbons (Fsp3) is 0.917. The molecule has 0 aliphatic carbocycles. The van der Waals surface area contributed by atoms with Crippen LogP contribution in [0.2, 0.25) is 0 Å². The Hall–Kier alpha value is -0.690. The van der Waals surface area contributed by atoms with Gasteiger partial charge in [0.2, 0.25) is 5.91 Å². The molecule has 0 saturated carbocycles. The Morgan fingerprint density at radius 2 is 2.11 bits per heavy atom. The van der Waals surface area contributed by atoms with Crippen LogP contribution in [-0.2, 0) is 14.3 Å². The van der Waals surface area contributed by atoms with Crippen molar-refractivity contribution in [2.24, 2.45) is 0 Å². The van der Waals surface area contributed by atoms with E-state index in [9.17, 15) is 9.90 Å². The molecule has 6 heteroatoms. The second-order valence-electron chi connectivity index (χ2n) is 4.96. The second-order valence-corrected chi connectivity index (χ2v) is 4.96. The Kier molecular flexibility index (Phi) is 4.94. The second kappa shape index (κ2) is 6.47. The number of hydrogen-bond acceptors (Lipinski definition) is 5. The lowest BCUT2D eigenvalue weighted by Crippen LogP contribution is -2.49. The first-order valence-electron chi connectivity index (χ1n) is 6.54. The number of aliphatic hydroxyl groups excluding tert-OH is 1. The number of hydrogen-bond donors (Lipinski definition) is 3. The van der Waals surface area contributed by atoms with Gasteiger partial charge >= 0.3 is 0 Å². The van der Waals surface area contributed by atoms with Gasteiger partial charge in [-0.15, -0.1) is 0 Å².